The van der Waals surface area contributed by atoms with E-state index in [9.17, 15) is 78.1 Å². The first-order valence-electron chi connectivity index (χ1n) is 28.5. The lowest BCUT2D eigenvalue weighted by atomic mass is 9.66. The number of aromatic hydroxyl groups is 2. The lowest BCUT2D eigenvalue weighted by Gasteiger charge is -2.43. The van der Waals surface area contributed by atoms with Crippen LogP contribution in [0.25, 0.3) is 0 Å². The number of alkyl halides is 10. The summed E-state index contributed by atoms with van der Waals surface area (Å²) < 4.78 is 149. The van der Waals surface area contributed by atoms with E-state index in [0.717, 1.165) is 124 Å². The minimum atomic E-state index is -5.57. The molecule has 462 valence electrons. The number of fused-ring (bicyclic) bond motifs is 2. The number of hydrogen-bond acceptors (Lipinski definition) is 8. The molecule has 2 aliphatic rings. The number of thioether (sulfide) groups is 1. The summed E-state index contributed by atoms with van der Waals surface area (Å²) >= 11 is 1.43. The Morgan fingerprint density at radius 3 is 1.25 bits per heavy atom. The van der Waals surface area contributed by atoms with Crippen molar-refractivity contribution in [1.82, 2.24) is 0 Å². The fourth-order valence-electron chi connectivity index (χ4n) is 11.0. The molecule has 4 aromatic carbocycles. The molecule has 0 saturated heterocycles. The highest BCUT2D eigenvalue weighted by Crippen LogP contribution is 2.52. The number of halogens is 10. The zero-order valence-corrected chi connectivity index (χ0v) is 48.7. The number of hydrogen-bond donors (Lipinski definition) is 4. The molecule has 0 aliphatic carbocycles. The second-order valence-corrected chi connectivity index (χ2v) is 25.2. The van der Waals surface area contributed by atoms with Gasteiger partial charge in [0.25, 0.3) is 0 Å². The lowest BCUT2D eigenvalue weighted by Crippen LogP contribution is -2.40. The van der Waals surface area contributed by atoms with Gasteiger partial charge < -0.3 is 29.9 Å². The van der Waals surface area contributed by atoms with Crippen molar-refractivity contribution in [3.63, 3.8) is 0 Å². The molecule has 0 aromatic heterocycles. The molecule has 9 nitrogen and oxygen atoms in total. The van der Waals surface area contributed by atoms with Gasteiger partial charge in [0.2, 0.25) is 0 Å². The van der Waals surface area contributed by atoms with Crippen LogP contribution in [0.5, 0.6) is 23.0 Å². The van der Waals surface area contributed by atoms with E-state index in [1.165, 1.54) is 11.8 Å². The first-order chi connectivity index (χ1) is 39.1. The van der Waals surface area contributed by atoms with Gasteiger partial charge in [0.1, 0.15) is 23.0 Å². The predicted molar refractivity (Wildman–Crippen MR) is 304 cm³/mol. The molecule has 21 heteroatoms. The number of ether oxygens (including phenoxy) is 2. The van der Waals surface area contributed by atoms with Crippen molar-refractivity contribution >= 4 is 34.5 Å². The Morgan fingerprint density at radius 2 is 0.855 bits per heavy atom. The highest BCUT2D eigenvalue weighted by atomic mass is 32.2. The van der Waals surface area contributed by atoms with Crippen LogP contribution in [0.2, 0.25) is 0 Å². The van der Waals surface area contributed by atoms with E-state index in [1.807, 2.05) is 36.4 Å². The van der Waals surface area contributed by atoms with Crippen molar-refractivity contribution in [2.24, 2.45) is 0 Å². The van der Waals surface area contributed by atoms with E-state index in [0.29, 0.717) is 42.6 Å². The third-order valence-electron chi connectivity index (χ3n) is 16.0. The minimum absolute atomic E-state index is 0.101. The molecular weight excluding hydrogens is 1140 g/mol. The van der Waals surface area contributed by atoms with Gasteiger partial charge in [-0.2, -0.15) is 55.7 Å². The van der Waals surface area contributed by atoms with Crippen LogP contribution in [0.4, 0.5) is 43.9 Å². The molecule has 6 rings (SSSR count). The zero-order chi connectivity index (χ0) is 61.1. The molecule has 0 radical (unpaired) electrons. The van der Waals surface area contributed by atoms with Gasteiger partial charge in [-0.25, -0.2) is 9.59 Å². The third kappa shape index (κ3) is 19.9. The Hall–Kier alpha value is -5.18. The second-order valence-electron chi connectivity index (χ2n) is 22.3. The number of carboxylic acids is 2. The molecule has 0 fully saturated rings. The Kier molecular flexibility index (Phi) is 25.9. The van der Waals surface area contributed by atoms with Crippen molar-refractivity contribution in [3.8, 4) is 23.0 Å². The lowest BCUT2D eigenvalue weighted by molar-refractivity contribution is -0.284. The van der Waals surface area contributed by atoms with Gasteiger partial charge >= 0.3 is 36.1 Å². The summed E-state index contributed by atoms with van der Waals surface area (Å²) in [6.07, 6.45) is 1.25. The van der Waals surface area contributed by atoms with Crippen LogP contribution >= 0.6 is 11.8 Å². The molecule has 0 amide bonds. The highest BCUT2D eigenvalue weighted by molar-refractivity contribution is 7.99. The van der Waals surface area contributed by atoms with E-state index >= 15 is 0 Å². The van der Waals surface area contributed by atoms with Crippen LogP contribution in [0.1, 0.15) is 197 Å². The second kappa shape index (κ2) is 31.3. The molecular formula is C62H78F10O9S2. The van der Waals surface area contributed by atoms with Gasteiger partial charge in [0.15, 0.2) is 0 Å². The van der Waals surface area contributed by atoms with E-state index in [2.05, 4.69) is 13.8 Å². The first kappa shape index (κ1) is 68.6. The number of unbranched alkanes of at least 4 members (excludes halogenated alkanes) is 12. The van der Waals surface area contributed by atoms with Crippen LogP contribution in [-0.2, 0) is 21.6 Å². The minimum Gasteiger partial charge on any atom is -0.508 e. The summed E-state index contributed by atoms with van der Waals surface area (Å²) in [5.74, 6) is -8.19. The average molecular weight is 1220 g/mol. The van der Waals surface area contributed by atoms with Crippen LogP contribution in [0, 0.1) is 0 Å². The summed E-state index contributed by atoms with van der Waals surface area (Å²) in [6.45, 7) is 5.08. The maximum absolute atomic E-state index is 12.9. The van der Waals surface area contributed by atoms with Crippen molar-refractivity contribution in [1.29, 1.82) is 0 Å². The number of phenolic OH excluding ortho intramolecular Hbond substituents is 2. The summed E-state index contributed by atoms with van der Waals surface area (Å²) in [5.41, 5.74) is 3.76. The maximum atomic E-state index is 12.9. The fourth-order valence-corrected chi connectivity index (χ4v) is 13.1. The number of rotatable bonds is 32. The van der Waals surface area contributed by atoms with E-state index in [4.69, 9.17) is 9.47 Å². The molecule has 5 atom stereocenters. The summed E-state index contributed by atoms with van der Waals surface area (Å²) in [4.78, 5) is 22.6. The maximum Gasteiger partial charge on any atom is 0.453 e. The predicted octanol–water partition coefficient (Wildman–Crippen LogP) is 17.7. The third-order valence-corrected chi connectivity index (χ3v) is 18.7. The molecule has 0 spiro atoms. The van der Waals surface area contributed by atoms with Gasteiger partial charge in [0, 0.05) is 69.9 Å². The normalized spacial score (nSPS) is 19.3. The zero-order valence-electron chi connectivity index (χ0n) is 47.0. The Morgan fingerprint density at radius 1 is 0.506 bits per heavy atom. The number of phenols is 2. The SMILES string of the molecule is C[C@]1(c2ccc(C(=O)O)cc2)COc2cc(O)ccc2[C@H]1CCCCCCCCCS(=O)CCCC(F)(F)C(F)(F)F.C[C@]1(c2ccc(C(=O)O)cc2)COc2cc(O)ccc2[C@H]1CCCCCCCCCSCCCC(F)(F)C(F)(F)F. The molecule has 1 unspecified atom stereocenters. The van der Waals surface area contributed by atoms with Crippen molar-refractivity contribution in [2.75, 3.05) is 36.2 Å². The number of carboxylic acid groups (broad SMARTS) is 2. The molecule has 4 N–H and O–H groups in total. The smallest absolute Gasteiger partial charge is 0.453 e. The van der Waals surface area contributed by atoms with Gasteiger partial charge in [0.05, 0.1) is 24.3 Å². The van der Waals surface area contributed by atoms with Crippen molar-refractivity contribution in [2.45, 2.75) is 189 Å². The highest BCUT2D eigenvalue weighted by Gasteiger charge is 2.57. The summed E-state index contributed by atoms with van der Waals surface area (Å²) in [5, 5.41) is 38.5. The molecule has 4 aromatic rings. The van der Waals surface area contributed by atoms with Crippen molar-refractivity contribution < 1.29 is 87.6 Å². The molecule has 83 heavy (non-hydrogen) atoms. The Bertz CT molecular complexity index is 2690. The standard InChI is InChI=1S/C31H39F5O5S.C31H39F5O4S/c1-29(23-13-11-22(12-14-23)28(38)39)21-41-27-20-24(37)15-16-25(27)26(29)10-7-5-3-2-4-6-8-18-42(40)19-9-17-30(32,33)31(34,35)36;1-29(23-13-11-22(12-14-23)28(38)39)21-40-27-20-24(37)15-16-25(27)26(29)10-7-5-3-2-4-6-8-18-41-19-9-17-30(32,33)31(34,35)36/h11-16,20,26,37H,2-10,17-19,21H2,1H3,(H,38,39);11-16,20,26,37H,2-10,17-19,21H2,1H3,(H,38,39)/t26-,29-,42?;26-,29-/m11/s1. The van der Waals surface area contributed by atoms with Crippen molar-refractivity contribution in [3.05, 3.63) is 118 Å². The number of carbonyl (C=O) groups is 2. The van der Waals surface area contributed by atoms with Gasteiger partial charge in [-0.05, 0) is 109 Å². The van der Waals surface area contributed by atoms with E-state index in [1.54, 1.807) is 48.5 Å². The largest absolute Gasteiger partial charge is 0.508 e. The van der Waals surface area contributed by atoms with Gasteiger partial charge in [-0.1, -0.05) is 127 Å². The summed E-state index contributed by atoms with van der Waals surface area (Å²) in [7, 11) is -1.40. The summed E-state index contributed by atoms with van der Waals surface area (Å²) in [6, 6.07) is 24.3. The monoisotopic (exact) mass is 1220 g/mol. The Balaban J connectivity index is 0.000000304. The molecule has 0 saturated carbocycles. The Labute approximate surface area is 486 Å². The molecule has 2 heterocycles. The fraction of sp³-hybridized carbons (Fsp3) is 0.581. The van der Waals surface area contributed by atoms with Crippen LogP contribution in [0.3, 0.4) is 0 Å². The van der Waals surface area contributed by atoms with E-state index < -0.39 is 66.2 Å². The van der Waals surface area contributed by atoms with Gasteiger partial charge in [-0.15, -0.1) is 0 Å². The number of benzene rings is 4. The van der Waals surface area contributed by atoms with Crippen LogP contribution < -0.4 is 9.47 Å². The van der Waals surface area contributed by atoms with Crippen LogP contribution in [-0.4, -0.2) is 97.0 Å². The quantitative estimate of drug-likeness (QED) is 0.0275. The van der Waals surface area contributed by atoms with E-state index in [-0.39, 0.29) is 57.5 Å². The topological polar surface area (TPSA) is 151 Å². The first-order valence-corrected chi connectivity index (χ1v) is 31.1. The molecule has 0 bridgehead atoms. The molecule has 2 aliphatic heterocycles. The average Bonchev–Trinajstić information content (AvgIpc) is 2.35. The number of aromatic carboxylic acids is 2. The van der Waals surface area contributed by atoms with Gasteiger partial charge in [-0.3, -0.25) is 4.21 Å². The van der Waals surface area contributed by atoms with Crippen LogP contribution in [0.15, 0.2) is 84.9 Å².